The summed E-state index contributed by atoms with van der Waals surface area (Å²) < 4.78 is 4.42. The van der Waals surface area contributed by atoms with Crippen LogP contribution in [-0.2, 0) is 0 Å². The van der Waals surface area contributed by atoms with Crippen molar-refractivity contribution in [3.8, 4) is 0 Å². The average Bonchev–Trinajstić information content (AvgIpc) is 2.19. The first kappa shape index (κ1) is 10.1. The number of fused-ring (bicyclic) bond motifs is 1. The lowest BCUT2D eigenvalue weighted by atomic mass is 9.91. The normalized spacial score (nSPS) is 29.2. The molecule has 0 radical (unpaired) electrons. The maximum Gasteiger partial charge on any atom is 0.251 e. The number of rotatable bonds is 2. The van der Waals surface area contributed by atoms with E-state index in [2.05, 4.69) is 38.1 Å². The van der Waals surface area contributed by atoms with Crippen LogP contribution in [0, 0.1) is 5.92 Å². The SMILES string of the molecule is O[N+]1=CC=CC2C=CC=C(NSI)C21. The van der Waals surface area contributed by atoms with Gasteiger partial charge in [-0.15, -0.1) is 0 Å². The molecule has 1 heterocycles. The van der Waals surface area contributed by atoms with Crippen molar-refractivity contribution in [3.05, 3.63) is 36.1 Å². The maximum atomic E-state index is 9.70. The van der Waals surface area contributed by atoms with Gasteiger partial charge in [-0.05, 0) is 10.8 Å². The Morgan fingerprint density at radius 1 is 1.43 bits per heavy atom. The summed E-state index contributed by atoms with van der Waals surface area (Å²) in [5.41, 5.74) is 1.03. The smallest absolute Gasteiger partial charge is 0.251 e. The summed E-state index contributed by atoms with van der Waals surface area (Å²) in [5, 5.41) is 9.70. The molecule has 3 nitrogen and oxygen atoms in total. The van der Waals surface area contributed by atoms with Crippen LogP contribution < -0.4 is 4.72 Å². The van der Waals surface area contributed by atoms with Crippen LogP contribution in [0.5, 0.6) is 0 Å². The fraction of sp³-hybridized carbons (Fsp3) is 0.222. The molecule has 5 heteroatoms. The van der Waals surface area contributed by atoms with Gasteiger partial charge in [0.25, 0.3) is 6.04 Å². The van der Waals surface area contributed by atoms with Crippen LogP contribution in [0.3, 0.4) is 0 Å². The van der Waals surface area contributed by atoms with E-state index in [4.69, 9.17) is 0 Å². The van der Waals surface area contributed by atoms with E-state index in [1.807, 2.05) is 18.2 Å². The van der Waals surface area contributed by atoms with E-state index < -0.39 is 0 Å². The molecule has 2 aliphatic rings. The van der Waals surface area contributed by atoms with E-state index in [-0.39, 0.29) is 12.0 Å². The molecule has 0 saturated heterocycles. The molecule has 2 rings (SSSR count). The van der Waals surface area contributed by atoms with Gasteiger partial charge in [-0.25, -0.2) is 0 Å². The first-order valence-electron chi connectivity index (χ1n) is 4.24. The number of hydroxylamine groups is 1. The van der Waals surface area contributed by atoms with Crippen molar-refractivity contribution in [3.63, 3.8) is 0 Å². The highest BCUT2D eigenvalue weighted by molar-refractivity contribution is 14.2. The Bertz CT molecular complexity index is 349. The molecule has 0 spiro atoms. The van der Waals surface area contributed by atoms with Gasteiger partial charge in [-0.3, -0.25) is 5.21 Å². The molecule has 0 aromatic rings. The third-order valence-corrected chi connectivity index (χ3v) is 3.28. The van der Waals surface area contributed by atoms with Crippen LogP contribution in [0.2, 0.25) is 0 Å². The Labute approximate surface area is 98.9 Å². The molecule has 0 aromatic carbocycles. The van der Waals surface area contributed by atoms with Crippen LogP contribution in [0.25, 0.3) is 0 Å². The molecule has 2 N–H and O–H groups in total. The topological polar surface area (TPSA) is 35.3 Å². The van der Waals surface area contributed by atoms with Crippen molar-refractivity contribution >= 4 is 36.5 Å². The Balaban J connectivity index is 2.27. The Morgan fingerprint density at radius 3 is 3.00 bits per heavy atom. The lowest BCUT2D eigenvalue weighted by molar-refractivity contribution is -0.793. The molecule has 0 bridgehead atoms. The van der Waals surface area contributed by atoms with Gasteiger partial charge in [0.1, 0.15) is 0 Å². The van der Waals surface area contributed by atoms with E-state index in [0.717, 1.165) is 5.70 Å². The zero-order chi connectivity index (χ0) is 9.97. The molecule has 2 unspecified atom stereocenters. The molecule has 14 heavy (non-hydrogen) atoms. The van der Waals surface area contributed by atoms with Crippen molar-refractivity contribution < 1.29 is 9.95 Å². The fourth-order valence-electron chi connectivity index (χ4n) is 1.68. The molecule has 2 atom stereocenters. The first-order chi connectivity index (χ1) is 6.83. The molecule has 1 aliphatic carbocycles. The highest BCUT2D eigenvalue weighted by Gasteiger charge is 2.35. The Hall–Kier alpha value is -0.430. The van der Waals surface area contributed by atoms with Crippen molar-refractivity contribution in [2.45, 2.75) is 6.04 Å². The maximum absolute atomic E-state index is 9.70. The Kier molecular flexibility index (Phi) is 3.17. The third-order valence-electron chi connectivity index (χ3n) is 2.31. The zero-order valence-corrected chi connectivity index (χ0v) is 10.3. The zero-order valence-electron chi connectivity index (χ0n) is 7.30. The van der Waals surface area contributed by atoms with E-state index in [1.165, 1.54) is 13.9 Å². The summed E-state index contributed by atoms with van der Waals surface area (Å²) in [6.07, 6.45) is 11.7. The van der Waals surface area contributed by atoms with E-state index >= 15 is 0 Å². The van der Waals surface area contributed by atoms with Gasteiger partial charge in [0.15, 0.2) is 0 Å². The summed E-state index contributed by atoms with van der Waals surface area (Å²) in [4.78, 5) is 0. The number of halogens is 1. The summed E-state index contributed by atoms with van der Waals surface area (Å²) >= 11 is 2.17. The molecule has 0 amide bonds. The third kappa shape index (κ3) is 1.83. The van der Waals surface area contributed by atoms with Crippen molar-refractivity contribution in [1.29, 1.82) is 0 Å². The lowest BCUT2D eigenvalue weighted by Crippen LogP contribution is -2.39. The predicted octanol–water partition coefficient (Wildman–Crippen LogP) is 2.05. The van der Waals surface area contributed by atoms with Gasteiger partial charge in [0.05, 0.1) is 11.6 Å². The average molecular weight is 321 g/mol. The highest BCUT2D eigenvalue weighted by Crippen LogP contribution is 2.25. The Morgan fingerprint density at radius 2 is 2.21 bits per heavy atom. The lowest BCUT2D eigenvalue weighted by Gasteiger charge is -2.22. The van der Waals surface area contributed by atoms with Crippen LogP contribution >= 0.6 is 30.3 Å². The molecular weight excluding hydrogens is 311 g/mol. The van der Waals surface area contributed by atoms with Crippen LogP contribution in [0.4, 0.5) is 0 Å². The van der Waals surface area contributed by atoms with Gasteiger partial charge in [0.2, 0.25) is 6.21 Å². The van der Waals surface area contributed by atoms with Gasteiger partial charge in [0, 0.05) is 36.4 Å². The largest absolute Gasteiger partial charge is 0.319 e. The minimum Gasteiger partial charge on any atom is -0.319 e. The van der Waals surface area contributed by atoms with Gasteiger partial charge >= 0.3 is 0 Å². The van der Waals surface area contributed by atoms with Crippen molar-refractivity contribution in [2.24, 2.45) is 5.92 Å². The number of hydrogen-bond donors (Lipinski definition) is 2. The second-order valence-electron chi connectivity index (χ2n) is 3.12. The van der Waals surface area contributed by atoms with Crippen LogP contribution in [0.1, 0.15) is 0 Å². The summed E-state index contributed by atoms with van der Waals surface area (Å²) in [7, 11) is 1.51. The predicted molar refractivity (Wildman–Crippen MR) is 66.5 cm³/mol. The number of allylic oxidation sites excluding steroid dienone is 3. The van der Waals surface area contributed by atoms with Crippen molar-refractivity contribution in [1.82, 2.24) is 4.72 Å². The molecule has 74 valence electrons. The molecule has 0 aromatic heterocycles. The monoisotopic (exact) mass is 321 g/mol. The van der Waals surface area contributed by atoms with Crippen LogP contribution in [-0.4, -0.2) is 22.2 Å². The summed E-state index contributed by atoms with van der Waals surface area (Å²) in [6, 6.07) is -0.00716. The van der Waals surface area contributed by atoms with Gasteiger partial charge in [-0.1, -0.05) is 18.2 Å². The summed E-state index contributed by atoms with van der Waals surface area (Å²) in [6.45, 7) is 0. The van der Waals surface area contributed by atoms with Gasteiger partial charge < -0.3 is 4.72 Å². The van der Waals surface area contributed by atoms with Gasteiger partial charge in [-0.2, -0.15) is 0 Å². The quantitative estimate of drug-likeness (QED) is 0.354. The molecule has 1 aliphatic heterocycles. The van der Waals surface area contributed by atoms with Crippen LogP contribution in [0.15, 0.2) is 36.1 Å². The number of nitrogens with zero attached hydrogens (tertiary/aromatic N) is 1. The summed E-state index contributed by atoms with van der Waals surface area (Å²) in [5.74, 6) is 0.251. The molecular formula is C9H10IN2OS+. The highest BCUT2D eigenvalue weighted by atomic mass is 127. The van der Waals surface area contributed by atoms with E-state index in [0.29, 0.717) is 0 Å². The fourth-order valence-corrected chi connectivity index (χ4v) is 2.73. The second kappa shape index (κ2) is 4.39. The number of hydrogen-bond acceptors (Lipinski definition) is 3. The van der Waals surface area contributed by atoms with E-state index in [1.54, 1.807) is 6.21 Å². The van der Waals surface area contributed by atoms with Crippen molar-refractivity contribution in [2.75, 3.05) is 0 Å². The first-order valence-corrected chi connectivity index (χ1v) is 7.59. The number of nitrogens with one attached hydrogen (secondary N) is 1. The minimum absolute atomic E-state index is 0.00716. The molecule has 0 fully saturated rings. The standard InChI is InChI=1S/C9H10IN2OS/c10-14-11-8-5-1-3-7-4-2-6-12(13)9(7)8/h1-7,9,11,13H/q+1. The van der Waals surface area contributed by atoms with E-state index in [9.17, 15) is 5.21 Å². The molecule has 0 saturated carbocycles. The minimum atomic E-state index is -0.00716. The second-order valence-corrected chi connectivity index (χ2v) is 4.80.